The molecule has 7 nitrogen and oxygen atoms in total. The van der Waals surface area contributed by atoms with Crippen LogP contribution in [0.15, 0.2) is 85.1 Å². The minimum atomic E-state index is -0.847. The van der Waals surface area contributed by atoms with Gasteiger partial charge in [0.15, 0.2) is 10.9 Å². The average molecular weight is 589 g/mol. The lowest BCUT2D eigenvalue weighted by Gasteiger charge is -2.23. The summed E-state index contributed by atoms with van der Waals surface area (Å²) in [4.78, 5) is 34.3. The summed E-state index contributed by atoms with van der Waals surface area (Å²) in [6.45, 7) is 2.98. The molecule has 2 heterocycles. The molecule has 1 amide bonds. The Morgan fingerprint density at radius 2 is 1.79 bits per heavy atom. The van der Waals surface area contributed by atoms with Crippen LogP contribution in [-0.2, 0) is 6.54 Å². The fourth-order valence-electron chi connectivity index (χ4n) is 4.66. The van der Waals surface area contributed by atoms with Crippen molar-refractivity contribution in [2.75, 3.05) is 37.0 Å². The monoisotopic (exact) mass is 588 g/mol. The molecular weight excluding hydrogens is 558 g/mol. The van der Waals surface area contributed by atoms with Crippen LogP contribution in [-0.4, -0.2) is 48.3 Å². The fourth-order valence-corrected chi connectivity index (χ4v) is 5.44. The van der Waals surface area contributed by atoms with Gasteiger partial charge in [0.05, 0.1) is 25.5 Å². The number of likely N-dealkylation sites (tertiary alicyclic amines) is 1. The van der Waals surface area contributed by atoms with Gasteiger partial charge in [-0.05, 0) is 86.1 Å². The van der Waals surface area contributed by atoms with Crippen LogP contribution in [0.1, 0.15) is 38.4 Å². The van der Waals surface area contributed by atoms with Crippen molar-refractivity contribution in [1.29, 1.82) is 0 Å². The molecule has 4 aromatic rings. The molecule has 3 aromatic carbocycles. The highest BCUT2D eigenvalue weighted by Crippen LogP contribution is 2.29. The second-order valence-electron chi connectivity index (χ2n) is 9.84. The number of ether oxygens (including phenoxy) is 1. The Bertz CT molecular complexity index is 1570. The van der Waals surface area contributed by atoms with Gasteiger partial charge in [0, 0.05) is 23.9 Å². The molecule has 1 aliphatic heterocycles. The average Bonchev–Trinajstić information content (AvgIpc) is 3.69. The summed E-state index contributed by atoms with van der Waals surface area (Å²) in [6, 6.07) is 17.2. The Kier molecular flexibility index (Phi) is 9.35. The van der Waals surface area contributed by atoms with E-state index in [0.717, 1.165) is 48.7 Å². The number of rotatable bonds is 11. The number of benzene rings is 3. The third kappa shape index (κ3) is 7.26. The largest absolute Gasteiger partial charge is 0.497 e. The topological polar surface area (TPSA) is 74.8 Å². The third-order valence-corrected chi connectivity index (χ3v) is 7.81. The third-order valence-electron chi connectivity index (χ3n) is 6.91. The predicted octanol–water partition coefficient (Wildman–Crippen LogP) is 6.86. The van der Waals surface area contributed by atoms with E-state index in [-0.39, 0.29) is 22.9 Å². The highest BCUT2D eigenvalue weighted by Gasteiger charge is 2.24. The van der Waals surface area contributed by atoms with Gasteiger partial charge in [-0.25, -0.2) is 13.8 Å². The molecule has 42 heavy (non-hydrogen) atoms. The first-order valence-corrected chi connectivity index (χ1v) is 14.4. The van der Waals surface area contributed by atoms with E-state index < -0.39 is 17.5 Å². The van der Waals surface area contributed by atoms with Gasteiger partial charge < -0.3 is 15.0 Å². The van der Waals surface area contributed by atoms with E-state index in [1.54, 1.807) is 61.7 Å². The number of carbonyl (C=O) groups is 2. The Morgan fingerprint density at radius 3 is 2.48 bits per heavy atom. The quantitative estimate of drug-likeness (QED) is 0.153. The number of halogens is 2. The molecule has 1 fully saturated rings. The Balaban J connectivity index is 1.27. The van der Waals surface area contributed by atoms with E-state index >= 15 is 0 Å². The maximum absolute atomic E-state index is 14.8. The standard InChI is InChI=1S/C32H30F2N4O3S/c1-41-26-13-6-22(7-14-26)21-38(28-15-10-24(33)19-27(28)34)31(40)30-20-35-32(42-30)36-25-11-8-23(9-12-25)29(39)5-4-18-37-16-2-3-17-37/h4-15,19-20H,2-3,16-18,21H2,1H3,(H,35,36). The number of aromatic nitrogens is 1. The number of nitrogens with zero attached hydrogens (tertiary/aromatic N) is 3. The summed E-state index contributed by atoms with van der Waals surface area (Å²) < 4.78 is 33.6. The van der Waals surface area contributed by atoms with Gasteiger partial charge in [0.2, 0.25) is 0 Å². The minimum absolute atomic E-state index is 0.0464. The van der Waals surface area contributed by atoms with E-state index in [9.17, 15) is 18.4 Å². The molecule has 1 saturated heterocycles. The molecule has 1 N–H and O–H groups in total. The molecule has 0 atom stereocenters. The summed E-state index contributed by atoms with van der Waals surface area (Å²) in [7, 11) is 1.55. The van der Waals surface area contributed by atoms with E-state index in [1.807, 2.05) is 6.08 Å². The number of methoxy groups -OCH3 is 1. The van der Waals surface area contributed by atoms with Gasteiger partial charge in [0.25, 0.3) is 5.91 Å². The Labute approximate surface area is 247 Å². The molecule has 0 aliphatic carbocycles. The van der Waals surface area contributed by atoms with Crippen LogP contribution in [0.2, 0.25) is 0 Å². The van der Waals surface area contributed by atoms with Crippen molar-refractivity contribution in [2.24, 2.45) is 0 Å². The number of allylic oxidation sites excluding steroid dienone is 1. The van der Waals surface area contributed by atoms with Crippen LogP contribution in [0.3, 0.4) is 0 Å². The van der Waals surface area contributed by atoms with Gasteiger partial charge in [0.1, 0.15) is 22.3 Å². The normalized spacial score (nSPS) is 13.4. The lowest BCUT2D eigenvalue weighted by Crippen LogP contribution is -2.30. The number of nitrogens with one attached hydrogen (secondary N) is 1. The summed E-state index contributed by atoms with van der Waals surface area (Å²) in [5.41, 5.74) is 1.95. The van der Waals surface area contributed by atoms with E-state index in [0.29, 0.717) is 22.1 Å². The van der Waals surface area contributed by atoms with Gasteiger partial charge in [-0.2, -0.15) is 0 Å². The van der Waals surface area contributed by atoms with E-state index in [2.05, 4.69) is 15.2 Å². The highest BCUT2D eigenvalue weighted by molar-refractivity contribution is 7.17. The number of carbonyl (C=O) groups excluding carboxylic acids is 2. The first-order valence-electron chi connectivity index (χ1n) is 13.6. The zero-order valence-electron chi connectivity index (χ0n) is 23.1. The van der Waals surface area contributed by atoms with Crippen LogP contribution >= 0.6 is 11.3 Å². The van der Waals surface area contributed by atoms with E-state index in [4.69, 9.17) is 4.74 Å². The summed E-state index contributed by atoms with van der Waals surface area (Å²) in [6.07, 6.45) is 7.35. The van der Waals surface area contributed by atoms with Crippen LogP contribution < -0.4 is 15.0 Å². The molecule has 0 radical (unpaired) electrons. The Morgan fingerprint density at radius 1 is 1.05 bits per heavy atom. The lowest BCUT2D eigenvalue weighted by atomic mass is 10.1. The number of hydrogen-bond donors (Lipinski definition) is 1. The van der Waals surface area contributed by atoms with Crippen molar-refractivity contribution < 1.29 is 23.1 Å². The van der Waals surface area contributed by atoms with Gasteiger partial charge in [-0.1, -0.05) is 29.5 Å². The summed E-state index contributed by atoms with van der Waals surface area (Å²) in [5, 5.41) is 3.60. The first-order chi connectivity index (χ1) is 20.4. The SMILES string of the molecule is COc1ccc(CN(C(=O)c2cnc(Nc3ccc(C(=O)C=CCN4CCCC4)cc3)s2)c2ccc(F)cc2F)cc1. The zero-order chi connectivity index (χ0) is 29.5. The van der Waals surface area contributed by atoms with Crippen LogP contribution in [0.4, 0.5) is 25.3 Å². The van der Waals surface area contributed by atoms with Gasteiger partial charge in [-0.3, -0.25) is 14.5 Å². The minimum Gasteiger partial charge on any atom is -0.497 e. The highest BCUT2D eigenvalue weighted by atomic mass is 32.1. The van der Waals surface area contributed by atoms with Crippen molar-refractivity contribution in [1.82, 2.24) is 9.88 Å². The van der Waals surface area contributed by atoms with Crippen molar-refractivity contribution in [3.63, 3.8) is 0 Å². The molecule has 0 saturated carbocycles. The number of ketones is 1. The first kappa shape index (κ1) is 29.1. The van der Waals surface area contributed by atoms with Crippen LogP contribution in [0.25, 0.3) is 0 Å². The van der Waals surface area contributed by atoms with Crippen LogP contribution in [0.5, 0.6) is 5.75 Å². The van der Waals surface area contributed by atoms with Crippen molar-refractivity contribution >= 4 is 39.5 Å². The summed E-state index contributed by atoms with van der Waals surface area (Å²) in [5.74, 6) is -1.48. The molecule has 10 heteroatoms. The fraction of sp³-hybridized carbons (Fsp3) is 0.219. The summed E-state index contributed by atoms with van der Waals surface area (Å²) >= 11 is 1.11. The molecule has 1 aliphatic rings. The molecular formula is C32H30F2N4O3S. The van der Waals surface area contributed by atoms with Crippen molar-refractivity contribution in [3.8, 4) is 5.75 Å². The maximum atomic E-state index is 14.8. The van der Waals surface area contributed by atoms with E-state index in [1.165, 1.54) is 30.0 Å². The number of hydrogen-bond acceptors (Lipinski definition) is 7. The number of anilines is 3. The van der Waals surface area contributed by atoms with Crippen molar-refractivity contribution in [3.05, 3.63) is 113 Å². The molecule has 0 bridgehead atoms. The predicted molar refractivity (Wildman–Crippen MR) is 161 cm³/mol. The Hall–Kier alpha value is -4.41. The smallest absolute Gasteiger partial charge is 0.270 e. The zero-order valence-corrected chi connectivity index (χ0v) is 23.9. The second kappa shape index (κ2) is 13.5. The molecule has 5 rings (SSSR count). The maximum Gasteiger partial charge on any atom is 0.270 e. The number of amides is 1. The van der Waals surface area contributed by atoms with Crippen LogP contribution in [0, 0.1) is 11.6 Å². The molecule has 0 spiro atoms. The van der Waals surface area contributed by atoms with Gasteiger partial charge >= 0.3 is 0 Å². The molecule has 1 aromatic heterocycles. The van der Waals surface area contributed by atoms with Gasteiger partial charge in [-0.15, -0.1) is 0 Å². The molecule has 0 unspecified atom stereocenters. The van der Waals surface area contributed by atoms with Crippen molar-refractivity contribution in [2.45, 2.75) is 19.4 Å². The molecule has 216 valence electrons. The number of thiazole rings is 1. The lowest BCUT2D eigenvalue weighted by molar-refractivity contribution is 0.0986. The second-order valence-corrected chi connectivity index (χ2v) is 10.9.